The highest BCUT2D eigenvalue weighted by atomic mass is 79.9. The second-order valence-electron chi connectivity index (χ2n) is 4.24. The van der Waals surface area contributed by atoms with E-state index in [0.717, 1.165) is 6.07 Å². The standard InChI is InChI=1S/C14H11BrF2N2O/c1-7-5-9(15)11(17)6-12(7)19-14(20)8-3-2-4-10(16)13(8)18/h2-6H,18H2,1H3,(H,19,20). The Morgan fingerprint density at radius 1 is 1.25 bits per heavy atom. The summed E-state index contributed by atoms with van der Waals surface area (Å²) in [5, 5.41) is 2.52. The van der Waals surface area contributed by atoms with Gasteiger partial charge in [-0.3, -0.25) is 4.79 Å². The molecule has 0 spiro atoms. The molecule has 0 atom stereocenters. The average molecular weight is 341 g/mol. The topological polar surface area (TPSA) is 55.1 Å². The van der Waals surface area contributed by atoms with Crippen molar-refractivity contribution < 1.29 is 13.6 Å². The number of hydrogen-bond acceptors (Lipinski definition) is 2. The summed E-state index contributed by atoms with van der Waals surface area (Å²) in [6, 6.07) is 6.68. The summed E-state index contributed by atoms with van der Waals surface area (Å²) in [6.07, 6.45) is 0. The molecule has 0 aliphatic carbocycles. The minimum Gasteiger partial charge on any atom is -0.396 e. The van der Waals surface area contributed by atoms with Crippen molar-refractivity contribution >= 4 is 33.2 Å². The van der Waals surface area contributed by atoms with Crippen LogP contribution in [0.5, 0.6) is 0 Å². The molecule has 0 radical (unpaired) electrons. The van der Waals surface area contributed by atoms with Gasteiger partial charge in [-0.2, -0.15) is 0 Å². The molecule has 2 aromatic carbocycles. The number of nitrogens with one attached hydrogen (secondary N) is 1. The number of benzene rings is 2. The van der Waals surface area contributed by atoms with Crippen molar-refractivity contribution in [3.8, 4) is 0 Å². The van der Waals surface area contributed by atoms with Crippen LogP contribution in [-0.4, -0.2) is 5.91 Å². The smallest absolute Gasteiger partial charge is 0.257 e. The SMILES string of the molecule is Cc1cc(Br)c(F)cc1NC(=O)c1cccc(F)c1N. The zero-order valence-corrected chi connectivity index (χ0v) is 12.1. The highest BCUT2D eigenvalue weighted by Crippen LogP contribution is 2.25. The molecule has 0 heterocycles. The van der Waals surface area contributed by atoms with Gasteiger partial charge in [-0.1, -0.05) is 6.07 Å². The summed E-state index contributed by atoms with van der Waals surface area (Å²) in [7, 11) is 0. The van der Waals surface area contributed by atoms with E-state index in [0.29, 0.717) is 15.7 Å². The molecule has 0 saturated heterocycles. The third-order valence-electron chi connectivity index (χ3n) is 2.81. The predicted octanol–water partition coefficient (Wildman–Crippen LogP) is 3.87. The lowest BCUT2D eigenvalue weighted by Crippen LogP contribution is -2.15. The number of nitrogen functional groups attached to an aromatic ring is 1. The molecule has 2 aromatic rings. The van der Waals surface area contributed by atoms with Crippen LogP contribution in [0.1, 0.15) is 15.9 Å². The van der Waals surface area contributed by atoms with Crippen molar-refractivity contribution in [2.24, 2.45) is 0 Å². The van der Waals surface area contributed by atoms with E-state index in [9.17, 15) is 13.6 Å². The van der Waals surface area contributed by atoms with Crippen LogP contribution >= 0.6 is 15.9 Å². The second-order valence-corrected chi connectivity index (χ2v) is 5.09. The molecule has 104 valence electrons. The molecule has 0 aliphatic heterocycles. The fourth-order valence-corrected chi connectivity index (χ4v) is 2.16. The monoisotopic (exact) mass is 340 g/mol. The number of rotatable bonds is 2. The van der Waals surface area contributed by atoms with Gasteiger partial charge in [-0.25, -0.2) is 8.78 Å². The maximum atomic E-state index is 13.5. The van der Waals surface area contributed by atoms with E-state index >= 15 is 0 Å². The number of carbonyl (C=O) groups is 1. The lowest BCUT2D eigenvalue weighted by atomic mass is 10.1. The Bertz CT molecular complexity index is 689. The van der Waals surface area contributed by atoms with Gasteiger partial charge in [0.25, 0.3) is 5.91 Å². The summed E-state index contributed by atoms with van der Waals surface area (Å²) in [6.45, 7) is 1.72. The Morgan fingerprint density at radius 3 is 2.65 bits per heavy atom. The van der Waals surface area contributed by atoms with Crippen LogP contribution in [0.2, 0.25) is 0 Å². The number of halogens is 3. The molecule has 3 N–H and O–H groups in total. The third kappa shape index (κ3) is 2.80. The predicted molar refractivity (Wildman–Crippen MR) is 77.6 cm³/mol. The van der Waals surface area contributed by atoms with Crippen LogP contribution in [0.15, 0.2) is 34.8 Å². The first-order valence-electron chi connectivity index (χ1n) is 5.71. The number of nitrogens with two attached hydrogens (primary N) is 1. The van der Waals surface area contributed by atoms with E-state index in [1.54, 1.807) is 13.0 Å². The zero-order chi connectivity index (χ0) is 14.9. The van der Waals surface area contributed by atoms with Crippen LogP contribution in [-0.2, 0) is 0 Å². The van der Waals surface area contributed by atoms with E-state index in [1.165, 1.54) is 18.2 Å². The van der Waals surface area contributed by atoms with Crippen LogP contribution in [0, 0.1) is 18.6 Å². The van der Waals surface area contributed by atoms with E-state index in [2.05, 4.69) is 21.2 Å². The maximum Gasteiger partial charge on any atom is 0.257 e. The second kappa shape index (κ2) is 5.58. The first kappa shape index (κ1) is 14.5. The number of para-hydroxylation sites is 1. The minimum atomic E-state index is -0.670. The van der Waals surface area contributed by atoms with Gasteiger partial charge in [0.2, 0.25) is 0 Å². The molecule has 0 saturated carbocycles. The quantitative estimate of drug-likeness (QED) is 0.815. The molecular weight excluding hydrogens is 330 g/mol. The fourth-order valence-electron chi connectivity index (χ4n) is 1.71. The number of carbonyl (C=O) groups excluding carboxylic acids is 1. The Hall–Kier alpha value is -1.95. The Kier molecular flexibility index (Phi) is 4.04. The first-order chi connectivity index (χ1) is 9.40. The molecule has 20 heavy (non-hydrogen) atoms. The van der Waals surface area contributed by atoms with E-state index in [-0.39, 0.29) is 11.3 Å². The van der Waals surface area contributed by atoms with Gasteiger partial charge >= 0.3 is 0 Å². The summed E-state index contributed by atoms with van der Waals surface area (Å²) >= 11 is 3.06. The average Bonchev–Trinajstić information content (AvgIpc) is 2.39. The summed E-state index contributed by atoms with van der Waals surface area (Å²) in [5.41, 5.74) is 6.26. The molecule has 0 bridgehead atoms. The molecule has 0 aliphatic rings. The molecular formula is C14H11BrF2N2O. The van der Waals surface area contributed by atoms with Gasteiger partial charge in [-0.05, 0) is 52.7 Å². The van der Waals surface area contributed by atoms with Crippen molar-refractivity contribution in [2.45, 2.75) is 6.92 Å². The summed E-state index contributed by atoms with van der Waals surface area (Å²) in [5.74, 6) is -1.76. The van der Waals surface area contributed by atoms with Gasteiger partial charge in [0, 0.05) is 5.69 Å². The number of aryl methyl sites for hydroxylation is 1. The van der Waals surface area contributed by atoms with Crippen molar-refractivity contribution in [1.82, 2.24) is 0 Å². The Morgan fingerprint density at radius 2 is 1.95 bits per heavy atom. The molecule has 3 nitrogen and oxygen atoms in total. The van der Waals surface area contributed by atoms with E-state index < -0.39 is 17.5 Å². The van der Waals surface area contributed by atoms with Crippen LogP contribution < -0.4 is 11.1 Å². The molecule has 0 fully saturated rings. The largest absolute Gasteiger partial charge is 0.396 e. The molecule has 0 unspecified atom stereocenters. The van der Waals surface area contributed by atoms with Gasteiger partial charge in [-0.15, -0.1) is 0 Å². The molecule has 2 rings (SSSR count). The van der Waals surface area contributed by atoms with Gasteiger partial charge < -0.3 is 11.1 Å². The Balaban J connectivity index is 2.33. The summed E-state index contributed by atoms with van der Waals surface area (Å²) in [4.78, 5) is 12.0. The van der Waals surface area contributed by atoms with Crippen molar-refractivity contribution in [3.05, 3.63) is 57.6 Å². The molecule has 6 heteroatoms. The van der Waals surface area contributed by atoms with Gasteiger partial charge in [0.15, 0.2) is 0 Å². The third-order valence-corrected chi connectivity index (χ3v) is 3.42. The van der Waals surface area contributed by atoms with Gasteiger partial charge in [0.05, 0.1) is 15.7 Å². The molecule has 0 aromatic heterocycles. The van der Waals surface area contributed by atoms with Crippen LogP contribution in [0.3, 0.4) is 0 Å². The lowest BCUT2D eigenvalue weighted by molar-refractivity contribution is 0.102. The molecule has 1 amide bonds. The van der Waals surface area contributed by atoms with Crippen LogP contribution in [0.4, 0.5) is 20.2 Å². The lowest BCUT2D eigenvalue weighted by Gasteiger charge is -2.11. The van der Waals surface area contributed by atoms with Crippen molar-refractivity contribution in [1.29, 1.82) is 0 Å². The van der Waals surface area contributed by atoms with Crippen molar-refractivity contribution in [3.63, 3.8) is 0 Å². The van der Waals surface area contributed by atoms with E-state index in [4.69, 9.17) is 5.73 Å². The fraction of sp³-hybridized carbons (Fsp3) is 0.0714. The number of anilines is 2. The van der Waals surface area contributed by atoms with E-state index in [1.807, 2.05) is 0 Å². The zero-order valence-electron chi connectivity index (χ0n) is 10.5. The first-order valence-corrected chi connectivity index (χ1v) is 6.50. The normalized spacial score (nSPS) is 10.4. The Labute approximate surface area is 122 Å². The highest BCUT2D eigenvalue weighted by molar-refractivity contribution is 9.10. The highest BCUT2D eigenvalue weighted by Gasteiger charge is 2.14. The number of amides is 1. The van der Waals surface area contributed by atoms with Gasteiger partial charge in [0.1, 0.15) is 11.6 Å². The summed E-state index contributed by atoms with van der Waals surface area (Å²) < 4.78 is 27.1. The number of hydrogen-bond donors (Lipinski definition) is 2. The van der Waals surface area contributed by atoms with Crippen molar-refractivity contribution in [2.75, 3.05) is 11.1 Å². The maximum absolute atomic E-state index is 13.5. The minimum absolute atomic E-state index is 0.00715. The van der Waals surface area contributed by atoms with Crippen LogP contribution in [0.25, 0.3) is 0 Å².